The lowest BCUT2D eigenvalue weighted by Crippen LogP contribution is -2.26. The smallest absolute Gasteiger partial charge is 0.211 e. The van der Waals surface area contributed by atoms with Crippen LogP contribution in [0.25, 0.3) is 0 Å². The van der Waals surface area contributed by atoms with Gasteiger partial charge in [0.15, 0.2) is 0 Å². The molecule has 0 unspecified atom stereocenters. The zero-order valence-corrected chi connectivity index (χ0v) is 13.9. The largest absolute Gasteiger partial charge is 0.496 e. The highest BCUT2D eigenvalue weighted by Gasteiger charge is 2.13. The third-order valence-corrected chi connectivity index (χ3v) is 5.00. The summed E-state index contributed by atoms with van der Waals surface area (Å²) in [5.74, 6) is 1.07. The van der Waals surface area contributed by atoms with Crippen molar-refractivity contribution in [3.8, 4) is 5.75 Å². The summed E-state index contributed by atoms with van der Waals surface area (Å²) < 4.78 is 31.7. The first-order valence-electron chi connectivity index (χ1n) is 6.93. The number of sulfonamides is 1. The molecule has 0 saturated carbocycles. The SMILES string of the molecule is CCCCS(=O)(=O)NCc1cc(C)c(OC)c(C)c1C. The number of methoxy groups -OCH3 is 1. The monoisotopic (exact) mass is 299 g/mol. The number of rotatable bonds is 7. The molecule has 1 aromatic carbocycles. The van der Waals surface area contributed by atoms with Crippen molar-refractivity contribution in [1.82, 2.24) is 4.72 Å². The third kappa shape index (κ3) is 4.21. The number of unbranched alkanes of at least 4 members (excludes halogenated alkanes) is 1. The number of ether oxygens (including phenoxy) is 1. The first-order chi connectivity index (χ1) is 9.32. The number of hydrogen-bond acceptors (Lipinski definition) is 3. The summed E-state index contributed by atoms with van der Waals surface area (Å²) in [6, 6.07) is 1.99. The van der Waals surface area contributed by atoms with Gasteiger partial charge in [0.05, 0.1) is 12.9 Å². The number of hydrogen-bond donors (Lipinski definition) is 1. The zero-order chi connectivity index (χ0) is 15.3. The second kappa shape index (κ2) is 7.09. The summed E-state index contributed by atoms with van der Waals surface area (Å²) in [4.78, 5) is 0. The Hall–Kier alpha value is -1.07. The molecule has 0 saturated heterocycles. The van der Waals surface area contributed by atoms with Crippen LogP contribution >= 0.6 is 0 Å². The van der Waals surface area contributed by atoms with Crippen LogP contribution in [0, 0.1) is 20.8 Å². The van der Waals surface area contributed by atoms with Gasteiger partial charge in [0, 0.05) is 6.54 Å². The van der Waals surface area contributed by atoms with Crippen molar-refractivity contribution >= 4 is 10.0 Å². The summed E-state index contributed by atoms with van der Waals surface area (Å²) in [5.41, 5.74) is 4.17. The van der Waals surface area contributed by atoms with Crippen LogP contribution in [-0.2, 0) is 16.6 Å². The summed E-state index contributed by atoms with van der Waals surface area (Å²) in [7, 11) is -1.53. The van der Waals surface area contributed by atoms with Crippen LogP contribution in [0.3, 0.4) is 0 Å². The van der Waals surface area contributed by atoms with E-state index in [4.69, 9.17) is 4.74 Å². The van der Waals surface area contributed by atoms with E-state index in [2.05, 4.69) is 4.72 Å². The zero-order valence-electron chi connectivity index (χ0n) is 13.0. The summed E-state index contributed by atoms with van der Waals surface area (Å²) >= 11 is 0. The van der Waals surface area contributed by atoms with Gasteiger partial charge in [-0.2, -0.15) is 0 Å². The van der Waals surface area contributed by atoms with Gasteiger partial charge < -0.3 is 4.74 Å². The fraction of sp³-hybridized carbons (Fsp3) is 0.600. The molecule has 0 amide bonds. The Bertz CT molecular complexity index is 565. The molecule has 0 atom stereocenters. The highest BCUT2D eigenvalue weighted by molar-refractivity contribution is 7.89. The van der Waals surface area contributed by atoms with Gasteiger partial charge in [-0.1, -0.05) is 19.4 Å². The van der Waals surface area contributed by atoms with Crippen LogP contribution in [-0.4, -0.2) is 21.3 Å². The lowest BCUT2D eigenvalue weighted by molar-refractivity contribution is 0.408. The van der Waals surface area contributed by atoms with Gasteiger partial charge in [-0.15, -0.1) is 0 Å². The minimum atomic E-state index is -3.18. The predicted octanol–water partition coefficient (Wildman–Crippen LogP) is 2.84. The molecule has 0 fully saturated rings. The fourth-order valence-electron chi connectivity index (χ4n) is 2.23. The second-order valence-corrected chi connectivity index (χ2v) is 7.06. The maximum Gasteiger partial charge on any atom is 0.211 e. The lowest BCUT2D eigenvalue weighted by atomic mass is 9.99. The molecular weight excluding hydrogens is 274 g/mol. The third-order valence-electron chi connectivity index (χ3n) is 3.59. The average molecular weight is 299 g/mol. The molecule has 0 spiro atoms. The van der Waals surface area contributed by atoms with Crippen LogP contribution in [0.1, 0.15) is 42.0 Å². The van der Waals surface area contributed by atoms with Crippen molar-refractivity contribution in [3.05, 3.63) is 28.3 Å². The molecule has 1 N–H and O–H groups in total. The Kier molecular flexibility index (Phi) is 6.02. The summed E-state index contributed by atoms with van der Waals surface area (Å²) in [6.45, 7) is 8.28. The molecule has 0 aliphatic rings. The first-order valence-corrected chi connectivity index (χ1v) is 8.58. The van der Waals surface area contributed by atoms with E-state index in [0.717, 1.165) is 34.4 Å². The molecule has 20 heavy (non-hydrogen) atoms. The summed E-state index contributed by atoms with van der Waals surface area (Å²) in [6.07, 6.45) is 1.57. The van der Waals surface area contributed by atoms with Gasteiger partial charge in [-0.3, -0.25) is 0 Å². The van der Waals surface area contributed by atoms with E-state index in [9.17, 15) is 8.42 Å². The van der Waals surface area contributed by atoms with E-state index in [1.54, 1.807) is 7.11 Å². The van der Waals surface area contributed by atoms with E-state index >= 15 is 0 Å². The van der Waals surface area contributed by atoms with Gasteiger partial charge in [-0.25, -0.2) is 13.1 Å². The Morgan fingerprint density at radius 2 is 1.85 bits per heavy atom. The molecule has 0 aliphatic heterocycles. The number of nitrogens with one attached hydrogen (secondary N) is 1. The van der Waals surface area contributed by atoms with Crippen LogP contribution in [0.15, 0.2) is 6.07 Å². The van der Waals surface area contributed by atoms with Gasteiger partial charge in [-0.05, 0) is 49.4 Å². The molecule has 1 aromatic rings. The van der Waals surface area contributed by atoms with Crippen molar-refractivity contribution in [3.63, 3.8) is 0 Å². The standard InChI is InChI=1S/C15H25NO3S/c1-6-7-8-20(17,18)16-10-14-9-11(2)15(19-5)13(4)12(14)3/h9,16H,6-8,10H2,1-5H3. The Morgan fingerprint density at radius 1 is 1.20 bits per heavy atom. The molecule has 114 valence electrons. The Morgan fingerprint density at radius 3 is 2.40 bits per heavy atom. The molecule has 0 aliphatic carbocycles. The number of benzene rings is 1. The number of aryl methyl sites for hydroxylation is 1. The molecule has 0 bridgehead atoms. The quantitative estimate of drug-likeness (QED) is 0.842. The molecule has 0 heterocycles. The van der Waals surface area contributed by atoms with Crippen LogP contribution in [0.5, 0.6) is 5.75 Å². The van der Waals surface area contributed by atoms with E-state index in [1.165, 1.54) is 0 Å². The minimum absolute atomic E-state index is 0.191. The topological polar surface area (TPSA) is 55.4 Å². The van der Waals surface area contributed by atoms with Crippen molar-refractivity contribution in [2.45, 2.75) is 47.1 Å². The van der Waals surface area contributed by atoms with Crippen LogP contribution in [0.4, 0.5) is 0 Å². The second-order valence-electron chi connectivity index (χ2n) is 5.13. The maximum absolute atomic E-state index is 11.8. The molecule has 0 aromatic heterocycles. The average Bonchev–Trinajstić information content (AvgIpc) is 2.40. The van der Waals surface area contributed by atoms with E-state index in [-0.39, 0.29) is 5.75 Å². The van der Waals surface area contributed by atoms with E-state index in [1.807, 2.05) is 33.8 Å². The maximum atomic E-state index is 11.8. The first kappa shape index (κ1) is 17.0. The Balaban J connectivity index is 2.89. The molecule has 1 rings (SSSR count). The van der Waals surface area contributed by atoms with Gasteiger partial charge >= 0.3 is 0 Å². The fourth-order valence-corrected chi connectivity index (χ4v) is 3.42. The minimum Gasteiger partial charge on any atom is -0.496 e. The normalized spacial score (nSPS) is 11.7. The summed E-state index contributed by atoms with van der Waals surface area (Å²) in [5, 5.41) is 0. The highest BCUT2D eigenvalue weighted by Crippen LogP contribution is 2.28. The van der Waals surface area contributed by atoms with Crippen molar-refractivity contribution in [1.29, 1.82) is 0 Å². The highest BCUT2D eigenvalue weighted by atomic mass is 32.2. The van der Waals surface area contributed by atoms with Gasteiger partial charge in [0.25, 0.3) is 0 Å². The van der Waals surface area contributed by atoms with Crippen LogP contribution < -0.4 is 9.46 Å². The van der Waals surface area contributed by atoms with Crippen LogP contribution in [0.2, 0.25) is 0 Å². The van der Waals surface area contributed by atoms with Gasteiger partial charge in [0.2, 0.25) is 10.0 Å². The van der Waals surface area contributed by atoms with Crippen molar-refractivity contribution < 1.29 is 13.2 Å². The van der Waals surface area contributed by atoms with Crippen molar-refractivity contribution in [2.75, 3.05) is 12.9 Å². The predicted molar refractivity (Wildman–Crippen MR) is 82.7 cm³/mol. The van der Waals surface area contributed by atoms with Crippen molar-refractivity contribution in [2.24, 2.45) is 0 Å². The molecule has 5 heteroatoms. The molecule has 4 nitrogen and oxygen atoms in total. The Labute approximate surface area is 122 Å². The molecular formula is C15H25NO3S. The van der Waals surface area contributed by atoms with E-state index < -0.39 is 10.0 Å². The lowest BCUT2D eigenvalue weighted by Gasteiger charge is -2.16. The molecule has 0 radical (unpaired) electrons. The van der Waals surface area contributed by atoms with E-state index in [0.29, 0.717) is 13.0 Å². The van der Waals surface area contributed by atoms with Gasteiger partial charge in [0.1, 0.15) is 5.75 Å².